The number of fused-ring (bicyclic) bond motifs is 1. The number of nitrogens with one attached hydrogen (secondary N) is 1. The van der Waals surface area contributed by atoms with Crippen molar-refractivity contribution < 1.29 is 4.79 Å². The Kier molecular flexibility index (Phi) is 4.44. The molecule has 3 nitrogen and oxygen atoms in total. The molecule has 0 unspecified atom stereocenters. The van der Waals surface area contributed by atoms with E-state index >= 15 is 0 Å². The van der Waals surface area contributed by atoms with Crippen molar-refractivity contribution in [3.8, 4) is 0 Å². The molecule has 0 fully saturated rings. The zero-order valence-corrected chi connectivity index (χ0v) is 14.2. The van der Waals surface area contributed by atoms with Crippen molar-refractivity contribution in [2.24, 2.45) is 0 Å². The molecule has 0 aliphatic rings. The molecule has 0 radical (unpaired) electrons. The summed E-state index contributed by atoms with van der Waals surface area (Å²) in [5.74, 6) is -0.144. The number of nitrogens with zero attached hydrogens (tertiary/aromatic N) is 1. The molecule has 4 rings (SSSR count). The van der Waals surface area contributed by atoms with E-state index in [2.05, 4.69) is 22.4 Å². The SMILES string of the molecule is O=C(Nc1ccccc1Cc1ccccc1)c1cccc2cccnc12. The van der Waals surface area contributed by atoms with Gasteiger partial charge in [0.05, 0.1) is 11.1 Å². The summed E-state index contributed by atoms with van der Waals surface area (Å²) in [6.45, 7) is 0. The molecule has 0 spiro atoms. The van der Waals surface area contributed by atoms with Crippen LogP contribution < -0.4 is 5.32 Å². The average Bonchev–Trinajstić information content (AvgIpc) is 2.70. The standard InChI is InChI=1S/C23H18N2O/c26-23(20-13-6-11-18-12-7-15-24-22(18)20)25-21-14-5-4-10-19(21)16-17-8-2-1-3-9-17/h1-15H,16H2,(H,25,26). The van der Waals surface area contributed by atoms with Crippen molar-refractivity contribution in [1.82, 2.24) is 4.98 Å². The summed E-state index contributed by atoms with van der Waals surface area (Å²) < 4.78 is 0. The molecule has 4 aromatic rings. The molecule has 3 aromatic carbocycles. The Hall–Kier alpha value is -3.46. The fourth-order valence-corrected chi connectivity index (χ4v) is 3.09. The van der Waals surface area contributed by atoms with E-state index < -0.39 is 0 Å². The summed E-state index contributed by atoms with van der Waals surface area (Å²) in [6, 6.07) is 27.6. The average molecular weight is 338 g/mol. The molecule has 126 valence electrons. The fourth-order valence-electron chi connectivity index (χ4n) is 3.09. The highest BCUT2D eigenvalue weighted by Crippen LogP contribution is 2.22. The molecule has 0 saturated heterocycles. The minimum absolute atomic E-state index is 0.144. The predicted octanol–water partition coefficient (Wildman–Crippen LogP) is 5.08. The van der Waals surface area contributed by atoms with Gasteiger partial charge in [-0.15, -0.1) is 0 Å². The van der Waals surface area contributed by atoms with Crippen LogP contribution in [0.4, 0.5) is 5.69 Å². The lowest BCUT2D eigenvalue weighted by Crippen LogP contribution is -2.14. The van der Waals surface area contributed by atoms with Crippen molar-refractivity contribution in [2.45, 2.75) is 6.42 Å². The van der Waals surface area contributed by atoms with Crippen LogP contribution in [-0.2, 0) is 6.42 Å². The molecule has 3 heteroatoms. The highest BCUT2D eigenvalue weighted by molar-refractivity contribution is 6.12. The zero-order chi connectivity index (χ0) is 17.8. The van der Waals surface area contributed by atoms with Gasteiger partial charge in [0.15, 0.2) is 0 Å². The first-order valence-corrected chi connectivity index (χ1v) is 8.58. The van der Waals surface area contributed by atoms with Crippen molar-refractivity contribution in [3.05, 3.63) is 108 Å². The van der Waals surface area contributed by atoms with Gasteiger partial charge in [0.25, 0.3) is 5.91 Å². The van der Waals surface area contributed by atoms with Crippen LogP contribution in [0.3, 0.4) is 0 Å². The van der Waals surface area contributed by atoms with E-state index in [9.17, 15) is 4.79 Å². The van der Waals surface area contributed by atoms with E-state index in [-0.39, 0.29) is 5.91 Å². The Labute approximate surface area is 152 Å². The number of amides is 1. The van der Waals surface area contributed by atoms with Crippen LogP contribution in [0.1, 0.15) is 21.5 Å². The maximum Gasteiger partial charge on any atom is 0.257 e. The molecule has 0 atom stereocenters. The lowest BCUT2D eigenvalue weighted by Gasteiger charge is -2.12. The van der Waals surface area contributed by atoms with Gasteiger partial charge in [-0.3, -0.25) is 9.78 Å². The molecule has 0 bridgehead atoms. The molecule has 1 aromatic heterocycles. The predicted molar refractivity (Wildman–Crippen MR) is 105 cm³/mol. The first-order chi connectivity index (χ1) is 12.8. The van der Waals surface area contributed by atoms with Gasteiger partial charge < -0.3 is 5.32 Å². The Morgan fingerprint density at radius 3 is 2.46 bits per heavy atom. The Balaban J connectivity index is 1.64. The lowest BCUT2D eigenvalue weighted by molar-refractivity contribution is 0.102. The summed E-state index contributed by atoms with van der Waals surface area (Å²) in [5.41, 5.74) is 4.42. The molecule has 1 heterocycles. The topological polar surface area (TPSA) is 42.0 Å². The zero-order valence-electron chi connectivity index (χ0n) is 14.2. The van der Waals surface area contributed by atoms with E-state index in [4.69, 9.17) is 0 Å². The maximum absolute atomic E-state index is 12.9. The quantitative estimate of drug-likeness (QED) is 0.564. The first-order valence-electron chi connectivity index (χ1n) is 8.58. The number of hydrogen-bond acceptors (Lipinski definition) is 2. The second-order valence-electron chi connectivity index (χ2n) is 6.15. The Bertz CT molecular complexity index is 1050. The van der Waals surface area contributed by atoms with Gasteiger partial charge in [-0.25, -0.2) is 0 Å². The highest BCUT2D eigenvalue weighted by Gasteiger charge is 2.13. The lowest BCUT2D eigenvalue weighted by atomic mass is 10.0. The summed E-state index contributed by atoms with van der Waals surface area (Å²) >= 11 is 0. The first kappa shape index (κ1) is 16.0. The van der Waals surface area contributed by atoms with Crippen LogP contribution in [0.5, 0.6) is 0 Å². The molecule has 1 N–H and O–H groups in total. The summed E-state index contributed by atoms with van der Waals surface area (Å²) in [4.78, 5) is 17.3. The number of aromatic nitrogens is 1. The van der Waals surface area contributed by atoms with Crippen molar-refractivity contribution >= 4 is 22.5 Å². The van der Waals surface area contributed by atoms with E-state index in [1.54, 1.807) is 6.20 Å². The monoisotopic (exact) mass is 338 g/mol. The minimum atomic E-state index is -0.144. The molecular weight excluding hydrogens is 320 g/mol. The Morgan fingerprint density at radius 1 is 0.808 bits per heavy atom. The molecular formula is C23H18N2O. The second kappa shape index (κ2) is 7.19. The summed E-state index contributed by atoms with van der Waals surface area (Å²) in [6.07, 6.45) is 2.48. The van der Waals surface area contributed by atoms with Crippen LogP contribution in [0.2, 0.25) is 0 Å². The molecule has 1 amide bonds. The Morgan fingerprint density at radius 2 is 1.58 bits per heavy atom. The third-order valence-corrected chi connectivity index (χ3v) is 4.38. The van der Waals surface area contributed by atoms with Crippen molar-refractivity contribution in [1.29, 1.82) is 0 Å². The molecule has 0 saturated carbocycles. The van der Waals surface area contributed by atoms with Crippen LogP contribution >= 0.6 is 0 Å². The van der Waals surface area contributed by atoms with Crippen molar-refractivity contribution in [3.63, 3.8) is 0 Å². The van der Waals surface area contributed by atoms with Crippen LogP contribution in [0.25, 0.3) is 10.9 Å². The third kappa shape index (κ3) is 3.33. The maximum atomic E-state index is 12.9. The minimum Gasteiger partial charge on any atom is -0.322 e. The molecule has 26 heavy (non-hydrogen) atoms. The van der Waals surface area contributed by atoms with Gasteiger partial charge >= 0.3 is 0 Å². The number of para-hydroxylation sites is 2. The number of benzene rings is 3. The highest BCUT2D eigenvalue weighted by atomic mass is 16.1. The van der Waals surface area contributed by atoms with Gasteiger partial charge in [0.2, 0.25) is 0 Å². The normalized spacial score (nSPS) is 10.6. The number of hydrogen-bond donors (Lipinski definition) is 1. The molecule has 0 aliphatic heterocycles. The largest absolute Gasteiger partial charge is 0.322 e. The van der Waals surface area contributed by atoms with E-state index in [0.29, 0.717) is 11.1 Å². The van der Waals surface area contributed by atoms with Crippen LogP contribution in [0.15, 0.2) is 91.1 Å². The van der Waals surface area contributed by atoms with Gasteiger partial charge in [-0.2, -0.15) is 0 Å². The number of carbonyl (C=O) groups is 1. The van der Waals surface area contributed by atoms with Crippen LogP contribution in [0, 0.1) is 0 Å². The fraction of sp³-hybridized carbons (Fsp3) is 0.0435. The molecule has 0 aliphatic carbocycles. The van der Waals surface area contributed by atoms with E-state index in [1.165, 1.54) is 5.56 Å². The van der Waals surface area contributed by atoms with Gasteiger partial charge in [-0.05, 0) is 35.7 Å². The van der Waals surface area contributed by atoms with Crippen molar-refractivity contribution in [2.75, 3.05) is 5.32 Å². The summed E-state index contributed by atoms with van der Waals surface area (Å²) in [7, 11) is 0. The van der Waals surface area contributed by atoms with E-state index in [0.717, 1.165) is 23.1 Å². The van der Waals surface area contributed by atoms with Crippen LogP contribution in [-0.4, -0.2) is 10.9 Å². The number of anilines is 1. The summed E-state index contributed by atoms with van der Waals surface area (Å²) in [5, 5.41) is 4.02. The number of pyridine rings is 1. The van der Waals surface area contributed by atoms with Gasteiger partial charge in [0, 0.05) is 17.3 Å². The third-order valence-electron chi connectivity index (χ3n) is 4.38. The smallest absolute Gasteiger partial charge is 0.257 e. The van der Waals surface area contributed by atoms with Gasteiger partial charge in [-0.1, -0.05) is 66.7 Å². The van der Waals surface area contributed by atoms with Gasteiger partial charge in [0.1, 0.15) is 0 Å². The number of rotatable bonds is 4. The second-order valence-corrected chi connectivity index (χ2v) is 6.15. The van der Waals surface area contributed by atoms with E-state index in [1.807, 2.05) is 72.8 Å². The number of carbonyl (C=O) groups excluding carboxylic acids is 1.